The van der Waals surface area contributed by atoms with E-state index in [2.05, 4.69) is 42.5 Å². The highest BCUT2D eigenvalue weighted by atomic mass is 16.4. The van der Waals surface area contributed by atoms with Crippen molar-refractivity contribution < 1.29 is 58.2 Å². The Morgan fingerprint density at radius 2 is 1.30 bits per heavy atom. The Morgan fingerprint density at radius 3 is 1.91 bits per heavy atom. The number of carbonyl (C=O) groups excluding carboxylic acids is 9. The van der Waals surface area contributed by atoms with Crippen molar-refractivity contribution in [2.75, 3.05) is 52.4 Å². The van der Waals surface area contributed by atoms with Crippen LogP contribution in [0, 0.1) is 5.41 Å². The van der Waals surface area contributed by atoms with E-state index in [-0.39, 0.29) is 102 Å². The van der Waals surface area contributed by atoms with Crippen molar-refractivity contribution in [1.29, 1.82) is 5.41 Å². The van der Waals surface area contributed by atoms with Crippen LogP contribution in [0.15, 0.2) is 36.0 Å². The summed E-state index contributed by atoms with van der Waals surface area (Å²) < 4.78 is 0. The number of nitrogens with two attached hydrogens (primary N) is 8. The summed E-state index contributed by atoms with van der Waals surface area (Å²) in [5, 5.41) is 47.7. The molecule has 1 aromatic carbocycles. The highest BCUT2D eigenvalue weighted by molar-refractivity contribution is 5.99. The highest BCUT2D eigenvalue weighted by Crippen LogP contribution is 2.21. The third-order valence-electron chi connectivity index (χ3n) is 12.6. The van der Waals surface area contributed by atoms with E-state index in [4.69, 9.17) is 51.3 Å². The second-order valence-electron chi connectivity index (χ2n) is 18.8. The quantitative estimate of drug-likeness (QED) is 0.0127. The largest absolute Gasteiger partial charge is 0.477 e. The van der Waals surface area contributed by atoms with Gasteiger partial charge in [0, 0.05) is 31.6 Å². The van der Waals surface area contributed by atoms with Crippen molar-refractivity contribution in [3.05, 3.63) is 47.2 Å². The van der Waals surface area contributed by atoms with E-state index in [1.54, 1.807) is 6.07 Å². The van der Waals surface area contributed by atoms with Crippen molar-refractivity contribution in [3.8, 4) is 0 Å². The van der Waals surface area contributed by atoms with E-state index >= 15 is 0 Å². The lowest BCUT2D eigenvalue weighted by Crippen LogP contribution is -2.61. The number of aliphatic hydroxyl groups excluding tert-OH is 1. The number of likely N-dealkylation sites (tertiary alicyclic amines) is 1. The van der Waals surface area contributed by atoms with Crippen LogP contribution in [0.2, 0.25) is 0 Å². The lowest BCUT2D eigenvalue weighted by Gasteiger charge is -2.30. The van der Waals surface area contributed by atoms with E-state index in [1.807, 2.05) is 0 Å². The number of unbranched alkanes of at least 4 members (excludes halogenated alkanes) is 2. The summed E-state index contributed by atoms with van der Waals surface area (Å²) in [5.41, 5.74) is 45.1. The molecule has 442 valence electrons. The molecule has 8 atom stereocenters. The number of hydrogen-bond donors (Lipinski definition) is 19. The topological polar surface area (TPSA) is 543 Å². The van der Waals surface area contributed by atoms with Crippen LogP contribution < -0.4 is 88.4 Å². The summed E-state index contributed by atoms with van der Waals surface area (Å²) in [4.78, 5) is 135. The summed E-state index contributed by atoms with van der Waals surface area (Å²) in [5.74, 6) is -9.26. The third-order valence-corrected chi connectivity index (χ3v) is 12.6. The second-order valence-corrected chi connectivity index (χ2v) is 18.8. The molecular formula is C49H84N18O12. The minimum Gasteiger partial charge on any atom is -0.477 e. The first-order chi connectivity index (χ1) is 37.6. The van der Waals surface area contributed by atoms with Gasteiger partial charge in [0.25, 0.3) is 0 Å². The molecule has 0 aliphatic carbocycles. The number of guanidine groups is 1. The maximum atomic E-state index is 14.4. The maximum absolute atomic E-state index is 14.4. The van der Waals surface area contributed by atoms with Gasteiger partial charge in [0.2, 0.25) is 53.2 Å². The Bertz CT molecular complexity index is 2260. The van der Waals surface area contributed by atoms with E-state index in [9.17, 15) is 58.2 Å². The lowest BCUT2D eigenvalue weighted by atomic mass is 10.0. The fourth-order valence-electron chi connectivity index (χ4n) is 8.28. The normalized spacial score (nSPS) is 15.9. The number of primary amides is 1. The summed E-state index contributed by atoms with van der Waals surface area (Å²) in [7, 11) is 0. The number of carboxylic acids is 1. The standard InChI is InChI=1S/C49H84N18O12/c50-18-3-1-12-30(55)41(71)66-39(37(68)26-54)46(76)63-31(14-6-20-52)42(72)60-27-38(69)61-33(15-7-21-53)47(77)67-23-9-17-36(67)45(75)65-35(25-28-10-5-11-29(24-28)40(56)70)44(74)62-32(13-2-4-19-51)43(73)64-34(48(78)79)16-8-22-59-49(57)58/h5,10-11,16,24,30-33,35-37,39,68H,1-4,6-9,12-15,17-23,25-27,50-55H2,(H2,56,70)(H,60,72)(H,61,69)(H,62,74)(H,63,76)(H,64,73)(H,65,75)(H,66,71)(H,78,79)(H4,57,58,59)/b34-16-/t30-,31-,32-,33+,35-,36-,37-,39-/m0/s1. The summed E-state index contributed by atoms with van der Waals surface area (Å²) in [6.07, 6.45) is 2.43. The van der Waals surface area contributed by atoms with Crippen LogP contribution in [0.3, 0.4) is 0 Å². The van der Waals surface area contributed by atoms with Gasteiger partial charge in [-0.15, -0.1) is 0 Å². The second kappa shape index (κ2) is 36.7. The number of carbonyl (C=O) groups is 10. The molecule has 1 saturated heterocycles. The first-order valence-corrected chi connectivity index (χ1v) is 26.4. The van der Waals surface area contributed by atoms with Crippen molar-refractivity contribution >= 4 is 65.1 Å². The van der Waals surface area contributed by atoms with Crippen molar-refractivity contribution in [2.45, 2.75) is 138 Å². The van der Waals surface area contributed by atoms with Crippen molar-refractivity contribution in [3.63, 3.8) is 0 Å². The zero-order valence-electron chi connectivity index (χ0n) is 44.6. The van der Waals surface area contributed by atoms with Gasteiger partial charge in [-0.2, -0.15) is 0 Å². The van der Waals surface area contributed by atoms with E-state index in [0.29, 0.717) is 44.2 Å². The molecule has 1 fully saturated rings. The fraction of sp³-hybridized carbons (Fsp3) is 0.612. The zero-order valence-corrected chi connectivity index (χ0v) is 44.6. The van der Waals surface area contributed by atoms with E-state index in [1.165, 1.54) is 29.2 Å². The number of carboxylic acid groups (broad SMARTS) is 1. The van der Waals surface area contributed by atoms with Gasteiger partial charge in [-0.05, 0) is 121 Å². The Balaban J connectivity index is 2.36. The SMILES string of the molecule is N=C(N)NCC/C=C(\NC(=O)[C@H](CCCCN)NC(=O)[C@H](Cc1cccc(C(N)=O)c1)NC(=O)[C@@H]1CCCN1C(=O)[C@@H](CCCN)NC(=O)CNC(=O)[C@H](CCCN)NC(=O)[C@@H](NC(=O)[C@@H](N)CCCCN)[C@@H](O)CN)C(=O)O. The maximum Gasteiger partial charge on any atom is 0.352 e. The predicted octanol–water partition coefficient (Wildman–Crippen LogP) is -6.80. The molecule has 0 spiro atoms. The molecule has 30 heteroatoms. The number of aliphatic carboxylic acids is 1. The van der Waals surface area contributed by atoms with E-state index < -0.39 is 126 Å². The Hall–Kier alpha value is -7.35. The van der Waals surface area contributed by atoms with Gasteiger partial charge >= 0.3 is 5.97 Å². The molecule has 0 saturated carbocycles. The van der Waals surface area contributed by atoms with Crippen LogP contribution in [0.25, 0.3) is 0 Å². The third kappa shape index (κ3) is 24.5. The minimum atomic E-state index is -1.61. The molecule has 2 rings (SSSR count). The number of rotatable bonds is 38. The zero-order chi connectivity index (χ0) is 59.0. The lowest BCUT2D eigenvalue weighted by molar-refractivity contribution is -0.142. The van der Waals surface area contributed by atoms with Crippen molar-refractivity contribution in [1.82, 2.24) is 47.4 Å². The Labute approximate surface area is 458 Å². The van der Waals surface area contributed by atoms with Gasteiger partial charge in [-0.1, -0.05) is 24.6 Å². The summed E-state index contributed by atoms with van der Waals surface area (Å²) in [6.45, 7) is -0.171. The monoisotopic (exact) mass is 1120 g/mol. The molecule has 1 aliphatic rings. The molecule has 1 aromatic rings. The first-order valence-electron chi connectivity index (χ1n) is 26.4. The van der Waals surface area contributed by atoms with Crippen LogP contribution in [-0.4, -0.2) is 181 Å². The Morgan fingerprint density at radius 1 is 0.696 bits per heavy atom. The van der Waals surface area contributed by atoms with Crippen LogP contribution >= 0.6 is 0 Å². The van der Waals surface area contributed by atoms with Crippen molar-refractivity contribution in [2.24, 2.45) is 45.9 Å². The molecule has 1 aliphatic heterocycles. The molecular weight excluding hydrogens is 1030 g/mol. The molecule has 79 heavy (non-hydrogen) atoms. The molecule has 0 radical (unpaired) electrons. The molecule has 27 N–H and O–H groups in total. The van der Waals surface area contributed by atoms with Gasteiger partial charge in [0.1, 0.15) is 41.9 Å². The molecule has 9 amide bonds. The number of benzene rings is 1. The van der Waals surface area contributed by atoms with Crippen LogP contribution in [0.5, 0.6) is 0 Å². The first kappa shape index (κ1) is 67.8. The summed E-state index contributed by atoms with van der Waals surface area (Å²) in [6, 6.07) is -3.30. The molecule has 0 bridgehead atoms. The van der Waals surface area contributed by atoms with Crippen LogP contribution in [0.4, 0.5) is 0 Å². The number of amides is 9. The van der Waals surface area contributed by atoms with Gasteiger partial charge in [0.15, 0.2) is 5.96 Å². The average Bonchev–Trinajstić information content (AvgIpc) is 3.93. The molecule has 0 unspecified atom stereocenters. The average molecular weight is 1120 g/mol. The Kier molecular flexibility index (Phi) is 31.5. The predicted molar refractivity (Wildman–Crippen MR) is 290 cm³/mol. The van der Waals surface area contributed by atoms with Gasteiger partial charge < -0.3 is 104 Å². The van der Waals surface area contributed by atoms with Crippen LogP contribution in [0.1, 0.15) is 99.4 Å². The number of nitrogens with one attached hydrogen (secondary N) is 9. The molecule has 30 nitrogen and oxygen atoms in total. The molecule has 0 aromatic heterocycles. The minimum absolute atomic E-state index is 0.00437. The smallest absolute Gasteiger partial charge is 0.352 e. The highest BCUT2D eigenvalue weighted by Gasteiger charge is 2.40. The van der Waals surface area contributed by atoms with Gasteiger partial charge in [0.05, 0.1) is 18.7 Å². The van der Waals surface area contributed by atoms with E-state index in [0.717, 1.165) is 0 Å². The summed E-state index contributed by atoms with van der Waals surface area (Å²) >= 11 is 0. The van der Waals surface area contributed by atoms with Gasteiger partial charge in [-0.3, -0.25) is 48.6 Å². The fourth-order valence-corrected chi connectivity index (χ4v) is 8.28. The number of aliphatic hydroxyl groups is 1. The van der Waals surface area contributed by atoms with Crippen LogP contribution in [-0.2, 0) is 49.6 Å². The number of nitrogens with zero attached hydrogens (tertiary/aromatic N) is 1. The number of hydrogen-bond acceptors (Lipinski definition) is 18. The van der Waals surface area contributed by atoms with Gasteiger partial charge in [-0.25, -0.2) is 4.79 Å². The molecule has 1 heterocycles.